The van der Waals surface area contributed by atoms with Crippen LogP contribution in [0.5, 0.6) is 5.75 Å². The topological polar surface area (TPSA) is 76.2 Å². The summed E-state index contributed by atoms with van der Waals surface area (Å²) in [5, 5.41) is 0. The molecule has 3 rings (SSSR count). The van der Waals surface area contributed by atoms with Crippen LogP contribution in [0.2, 0.25) is 0 Å². The summed E-state index contributed by atoms with van der Waals surface area (Å²) in [4.78, 5) is 39.8. The molecule has 7 nitrogen and oxygen atoms in total. The van der Waals surface area contributed by atoms with Crippen molar-refractivity contribution in [2.45, 2.75) is 33.0 Å². The first-order chi connectivity index (χ1) is 11.8. The van der Waals surface area contributed by atoms with Crippen molar-refractivity contribution in [1.82, 2.24) is 4.90 Å². The highest BCUT2D eigenvalue weighted by Crippen LogP contribution is 2.33. The molecule has 0 saturated carbocycles. The molecule has 134 valence electrons. The molecule has 7 heteroatoms. The molecule has 2 amide bonds. The lowest BCUT2D eigenvalue weighted by molar-refractivity contribution is -0.142. The van der Waals surface area contributed by atoms with Crippen molar-refractivity contribution in [3.63, 3.8) is 0 Å². The molecule has 0 bridgehead atoms. The Bertz CT molecular complexity index is 707. The summed E-state index contributed by atoms with van der Waals surface area (Å²) in [5.74, 6) is -0.0450. The van der Waals surface area contributed by atoms with Crippen molar-refractivity contribution in [1.29, 1.82) is 0 Å². The molecule has 1 aromatic rings. The third-order valence-corrected chi connectivity index (χ3v) is 4.37. The Morgan fingerprint density at radius 1 is 1.20 bits per heavy atom. The largest absolute Gasteiger partial charge is 0.482 e. The average Bonchev–Trinajstić information content (AvgIpc) is 2.56. The van der Waals surface area contributed by atoms with E-state index in [1.54, 1.807) is 23.1 Å². The van der Waals surface area contributed by atoms with Crippen molar-refractivity contribution in [3.05, 3.63) is 23.8 Å². The van der Waals surface area contributed by atoms with Crippen molar-refractivity contribution in [2.24, 2.45) is 0 Å². The number of anilines is 1. The molecule has 0 unspecified atom stereocenters. The Balaban J connectivity index is 1.82. The van der Waals surface area contributed by atoms with E-state index in [9.17, 15) is 14.4 Å². The lowest BCUT2D eigenvalue weighted by Gasteiger charge is -2.37. The highest BCUT2D eigenvalue weighted by Gasteiger charge is 2.32. The Labute approximate surface area is 146 Å². The van der Waals surface area contributed by atoms with Crippen molar-refractivity contribution < 1.29 is 23.9 Å². The van der Waals surface area contributed by atoms with Crippen molar-refractivity contribution in [3.8, 4) is 5.75 Å². The molecule has 1 fully saturated rings. The van der Waals surface area contributed by atoms with E-state index in [-0.39, 0.29) is 43.0 Å². The van der Waals surface area contributed by atoms with Gasteiger partial charge in [0.05, 0.1) is 17.9 Å². The molecule has 0 aromatic heterocycles. The maximum atomic E-state index is 12.7. The van der Waals surface area contributed by atoms with Crippen LogP contribution in [0.25, 0.3) is 0 Å². The molecule has 2 aliphatic rings. The van der Waals surface area contributed by atoms with E-state index in [0.29, 0.717) is 30.1 Å². The van der Waals surface area contributed by atoms with E-state index in [2.05, 4.69) is 0 Å². The summed E-state index contributed by atoms with van der Waals surface area (Å²) >= 11 is 0. The van der Waals surface area contributed by atoms with Crippen LogP contribution >= 0.6 is 0 Å². The standard InChI is InChI=1S/C18H22N2O5/c1-11-7-19(8-12(2)25-11)17(22)9-20-15-6-14(13(3)21)4-5-16(15)24-10-18(20)23/h4-6,11-12H,7-10H2,1-3H3/t11-,12-/m0/s1. The number of ketones is 1. The lowest BCUT2D eigenvalue weighted by Crippen LogP contribution is -2.52. The second kappa shape index (κ2) is 6.84. The second-order valence-electron chi connectivity index (χ2n) is 6.56. The SMILES string of the molecule is CC(=O)c1ccc2c(c1)N(CC(=O)N1C[C@H](C)O[C@@H](C)C1)C(=O)CO2. The van der Waals surface area contributed by atoms with Gasteiger partial charge in [-0.1, -0.05) is 0 Å². The summed E-state index contributed by atoms with van der Waals surface area (Å²) < 4.78 is 11.1. The van der Waals surface area contributed by atoms with Crippen LogP contribution in [0.3, 0.4) is 0 Å². The highest BCUT2D eigenvalue weighted by molar-refractivity contribution is 6.04. The number of carbonyl (C=O) groups excluding carboxylic acids is 3. The number of ether oxygens (including phenoxy) is 2. The maximum absolute atomic E-state index is 12.7. The molecular formula is C18H22N2O5. The van der Waals surface area contributed by atoms with Gasteiger partial charge in [0, 0.05) is 18.7 Å². The van der Waals surface area contributed by atoms with Gasteiger partial charge in [0.1, 0.15) is 12.3 Å². The van der Waals surface area contributed by atoms with E-state index in [4.69, 9.17) is 9.47 Å². The van der Waals surface area contributed by atoms with Gasteiger partial charge in [0.2, 0.25) is 5.91 Å². The monoisotopic (exact) mass is 346 g/mol. The quantitative estimate of drug-likeness (QED) is 0.770. The van der Waals surface area contributed by atoms with Gasteiger partial charge in [-0.25, -0.2) is 0 Å². The molecule has 25 heavy (non-hydrogen) atoms. The number of hydrogen-bond acceptors (Lipinski definition) is 5. The first kappa shape index (κ1) is 17.4. The molecule has 0 radical (unpaired) electrons. The van der Waals surface area contributed by atoms with Gasteiger partial charge in [-0.3, -0.25) is 19.3 Å². The van der Waals surface area contributed by atoms with Crippen LogP contribution in [0.1, 0.15) is 31.1 Å². The first-order valence-electron chi connectivity index (χ1n) is 8.36. The zero-order valence-corrected chi connectivity index (χ0v) is 14.7. The number of amides is 2. The number of benzene rings is 1. The van der Waals surface area contributed by atoms with Crippen LogP contribution in [0, 0.1) is 0 Å². The summed E-state index contributed by atoms with van der Waals surface area (Å²) in [6, 6.07) is 4.92. The van der Waals surface area contributed by atoms with Gasteiger partial charge in [-0.15, -0.1) is 0 Å². The minimum atomic E-state index is -0.295. The Morgan fingerprint density at radius 3 is 2.52 bits per heavy atom. The normalized spacial score (nSPS) is 23.1. The summed E-state index contributed by atoms with van der Waals surface area (Å²) in [6.45, 7) is 6.11. The van der Waals surface area contributed by atoms with Gasteiger partial charge in [-0.2, -0.15) is 0 Å². The second-order valence-corrected chi connectivity index (χ2v) is 6.56. The molecule has 0 N–H and O–H groups in total. The molecule has 1 saturated heterocycles. The molecule has 2 heterocycles. The molecule has 2 atom stereocenters. The van der Waals surface area contributed by atoms with Crippen LogP contribution < -0.4 is 9.64 Å². The molecular weight excluding hydrogens is 324 g/mol. The zero-order chi connectivity index (χ0) is 18.1. The third-order valence-electron chi connectivity index (χ3n) is 4.37. The minimum absolute atomic E-state index is 0.0373. The number of Topliss-reactive ketones (excluding diaryl/α,β-unsaturated/α-hetero) is 1. The van der Waals surface area contributed by atoms with E-state index >= 15 is 0 Å². The number of carbonyl (C=O) groups is 3. The molecule has 2 aliphatic heterocycles. The maximum Gasteiger partial charge on any atom is 0.265 e. The number of fused-ring (bicyclic) bond motifs is 1. The van der Waals surface area contributed by atoms with Gasteiger partial charge in [0.15, 0.2) is 12.4 Å². The fourth-order valence-corrected chi connectivity index (χ4v) is 3.21. The van der Waals surface area contributed by atoms with Crippen LogP contribution in [0.15, 0.2) is 18.2 Å². The zero-order valence-electron chi connectivity index (χ0n) is 14.7. The van der Waals surface area contributed by atoms with Crippen LogP contribution in [-0.2, 0) is 14.3 Å². The number of hydrogen-bond donors (Lipinski definition) is 0. The summed E-state index contributed by atoms with van der Waals surface area (Å²) in [7, 11) is 0. The van der Waals surface area contributed by atoms with Gasteiger partial charge in [-0.05, 0) is 39.0 Å². The first-order valence-corrected chi connectivity index (χ1v) is 8.36. The predicted octanol–water partition coefficient (Wildman–Crippen LogP) is 1.25. The van der Waals surface area contributed by atoms with E-state index < -0.39 is 0 Å². The lowest BCUT2D eigenvalue weighted by atomic mass is 10.1. The van der Waals surface area contributed by atoms with Gasteiger partial charge in [0.25, 0.3) is 5.91 Å². The Morgan fingerprint density at radius 2 is 1.88 bits per heavy atom. The smallest absolute Gasteiger partial charge is 0.265 e. The Kier molecular flexibility index (Phi) is 4.76. The molecule has 0 aliphatic carbocycles. The van der Waals surface area contributed by atoms with Gasteiger partial charge >= 0.3 is 0 Å². The molecule has 0 spiro atoms. The van der Waals surface area contributed by atoms with Crippen molar-refractivity contribution >= 4 is 23.3 Å². The minimum Gasteiger partial charge on any atom is -0.482 e. The summed E-state index contributed by atoms with van der Waals surface area (Å²) in [6.07, 6.45) is -0.0746. The fourth-order valence-electron chi connectivity index (χ4n) is 3.21. The number of nitrogens with zero attached hydrogens (tertiary/aromatic N) is 2. The van der Waals surface area contributed by atoms with Gasteiger partial charge < -0.3 is 14.4 Å². The summed E-state index contributed by atoms with van der Waals surface area (Å²) in [5.41, 5.74) is 0.940. The average molecular weight is 346 g/mol. The highest BCUT2D eigenvalue weighted by atomic mass is 16.5. The van der Waals surface area contributed by atoms with E-state index in [0.717, 1.165) is 0 Å². The third kappa shape index (κ3) is 3.66. The van der Waals surface area contributed by atoms with Crippen LogP contribution in [0.4, 0.5) is 5.69 Å². The Hall–Kier alpha value is -2.41. The predicted molar refractivity (Wildman–Crippen MR) is 90.9 cm³/mol. The molecule has 1 aromatic carbocycles. The number of morpholine rings is 1. The van der Waals surface area contributed by atoms with E-state index in [1.165, 1.54) is 11.8 Å². The van der Waals surface area contributed by atoms with Crippen LogP contribution in [-0.4, -0.2) is 60.9 Å². The van der Waals surface area contributed by atoms with Crippen molar-refractivity contribution in [2.75, 3.05) is 31.1 Å². The fraction of sp³-hybridized carbons (Fsp3) is 0.500. The number of rotatable bonds is 3. The van der Waals surface area contributed by atoms with E-state index in [1.807, 2.05) is 13.8 Å².